The maximum absolute atomic E-state index is 11.2. The van der Waals surface area contributed by atoms with Gasteiger partial charge in [-0.2, -0.15) is 23.8 Å². The average molecular weight is 484 g/mol. The number of aryl methyl sites for hydroxylation is 2. The van der Waals surface area contributed by atoms with Crippen molar-refractivity contribution in [3.8, 4) is 5.75 Å². The largest absolute Gasteiger partial charge is 0.506 e. The molecule has 34 heavy (non-hydrogen) atoms. The van der Waals surface area contributed by atoms with E-state index in [1.54, 1.807) is 31.2 Å². The number of phenols is 1. The summed E-state index contributed by atoms with van der Waals surface area (Å²) in [7, 11) is -4.27. The summed E-state index contributed by atoms with van der Waals surface area (Å²) >= 11 is 0. The smallest absolute Gasteiger partial charge is 0.294 e. The van der Waals surface area contributed by atoms with Gasteiger partial charge in [-0.05, 0) is 72.8 Å². The molecular formula is C24H20N4NaO4S. The molecule has 10 heteroatoms. The van der Waals surface area contributed by atoms with Crippen LogP contribution in [-0.2, 0) is 10.1 Å². The number of nitrogens with zero attached hydrogens (tertiary/aromatic N) is 4. The maximum Gasteiger partial charge on any atom is 0.294 e. The molecule has 0 amide bonds. The first-order valence-electron chi connectivity index (χ1n) is 9.95. The van der Waals surface area contributed by atoms with Gasteiger partial charge < -0.3 is 5.11 Å². The van der Waals surface area contributed by atoms with E-state index in [0.717, 1.165) is 16.3 Å². The average Bonchev–Trinajstić information content (AvgIpc) is 2.78. The Kier molecular flexibility index (Phi) is 7.96. The van der Waals surface area contributed by atoms with Crippen molar-refractivity contribution < 1.29 is 18.1 Å². The number of azo groups is 2. The molecule has 0 atom stereocenters. The summed E-state index contributed by atoms with van der Waals surface area (Å²) < 4.78 is 31.6. The number of fused-ring (bicyclic) bond motifs is 1. The van der Waals surface area contributed by atoms with Gasteiger partial charge in [0.05, 0.1) is 22.0 Å². The zero-order valence-electron chi connectivity index (χ0n) is 18.8. The van der Waals surface area contributed by atoms with Crippen LogP contribution < -0.4 is 0 Å². The topological polar surface area (TPSA) is 124 Å². The van der Waals surface area contributed by atoms with Gasteiger partial charge in [-0.1, -0.05) is 30.3 Å². The molecule has 0 spiro atoms. The first-order valence-corrected chi connectivity index (χ1v) is 11.4. The molecule has 0 aliphatic rings. The van der Waals surface area contributed by atoms with E-state index in [2.05, 4.69) is 20.5 Å². The molecule has 4 aromatic carbocycles. The summed E-state index contributed by atoms with van der Waals surface area (Å²) in [5, 5.41) is 29.0. The second-order valence-electron chi connectivity index (χ2n) is 7.45. The number of hydrogen-bond acceptors (Lipinski definition) is 7. The van der Waals surface area contributed by atoms with E-state index in [9.17, 15) is 13.5 Å². The summed E-state index contributed by atoms with van der Waals surface area (Å²) in [6.07, 6.45) is 0. The van der Waals surface area contributed by atoms with Crippen molar-refractivity contribution in [2.24, 2.45) is 20.5 Å². The Morgan fingerprint density at radius 2 is 1.38 bits per heavy atom. The Balaban J connectivity index is 0.00000324. The van der Waals surface area contributed by atoms with Gasteiger partial charge >= 0.3 is 0 Å². The van der Waals surface area contributed by atoms with E-state index < -0.39 is 10.1 Å². The number of aromatic hydroxyl groups is 1. The summed E-state index contributed by atoms with van der Waals surface area (Å²) in [6, 6.07) is 20.4. The van der Waals surface area contributed by atoms with Gasteiger partial charge in [0, 0.05) is 34.9 Å². The van der Waals surface area contributed by atoms with E-state index in [1.807, 2.05) is 37.3 Å². The van der Waals surface area contributed by atoms with Gasteiger partial charge in [0.25, 0.3) is 10.1 Å². The molecule has 167 valence electrons. The van der Waals surface area contributed by atoms with E-state index in [0.29, 0.717) is 28.3 Å². The molecule has 0 fully saturated rings. The first-order chi connectivity index (χ1) is 15.7. The third-order valence-electron chi connectivity index (χ3n) is 5.06. The van der Waals surface area contributed by atoms with E-state index in [-0.39, 0.29) is 40.2 Å². The minimum Gasteiger partial charge on any atom is -0.506 e. The van der Waals surface area contributed by atoms with Crippen LogP contribution in [0.5, 0.6) is 5.75 Å². The van der Waals surface area contributed by atoms with Crippen molar-refractivity contribution in [1.82, 2.24) is 0 Å². The van der Waals surface area contributed by atoms with Crippen molar-refractivity contribution in [2.75, 3.05) is 0 Å². The van der Waals surface area contributed by atoms with Crippen molar-refractivity contribution in [2.45, 2.75) is 18.7 Å². The fourth-order valence-electron chi connectivity index (χ4n) is 3.28. The summed E-state index contributed by atoms with van der Waals surface area (Å²) in [5.41, 5.74) is 3.46. The van der Waals surface area contributed by atoms with Gasteiger partial charge in [0.1, 0.15) is 11.4 Å². The zero-order chi connectivity index (χ0) is 23.6. The van der Waals surface area contributed by atoms with Crippen molar-refractivity contribution in [1.29, 1.82) is 0 Å². The molecule has 0 saturated carbocycles. The molecule has 8 nitrogen and oxygen atoms in total. The molecule has 0 unspecified atom stereocenters. The predicted molar refractivity (Wildman–Crippen MR) is 132 cm³/mol. The van der Waals surface area contributed by atoms with E-state index in [4.69, 9.17) is 4.55 Å². The summed E-state index contributed by atoms with van der Waals surface area (Å²) in [4.78, 5) is -0.193. The Hall–Kier alpha value is -2.95. The standard InChI is InChI=1S/C24H20N4O4S.Na/c1-15-13-18(25-26-22-11-9-19(14-16(22)2)33(30,31)32)8-10-21(15)27-28-24-20-6-4-3-5-17(20)7-12-23(24)29;/h3-14,29H,1-2H3,(H,30,31,32);. The van der Waals surface area contributed by atoms with Gasteiger partial charge in [0.2, 0.25) is 0 Å². The molecule has 0 heterocycles. The van der Waals surface area contributed by atoms with Gasteiger partial charge in [-0.25, -0.2) is 0 Å². The number of phenolic OH excluding ortho intramolecular Hbond substituents is 1. The van der Waals surface area contributed by atoms with Gasteiger partial charge in [-0.15, -0.1) is 5.11 Å². The quantitative estimate of drug-likeness (QED) is 0.183. The summed E-state index contributed by atoms with van der Waals surface area (Å²) in [5.74, 6) is 0.0518. The number of benzene rings is 4. The Labute approximate surface area is 219 Å². The molecule has 0 aromatic heterocycles. The van der Waals surface area contributed by atoms with Gasteiger partial charge in [0.15, 0.2) is 0 Å². The Morgan fingerprint density at radius 1 is 0.735 bits per heavy atom. The fourth-order valence-corrected chi connectivity index (χ4v) is 3.84. The molecule has 2 N–H and O–H groups in total. The van der Waals surface area contributed by atoms with E-state index >= 15 is 0 Å². The van der Waals surface area contributed by atoms with Crippen LogP contribution in [0.1, 0.15) is 11.1 Å². The predicted octanol–water partition coefficient (Wildman–Crippen LogP) is 6.86. The first kappa shape index (κ1) is 25.7. The van der Waals surface area contributed by atoms with Crippen LogP contribution in [-0.4, -0.2) is 47.6 Å². The number of hydrogen-bond donors (Lipinski definition) is 2. The van der Waals surface area contributed by atoms with Crippen LogP contribution in [0, 0.1) is 13.8 Å². The fraction of sp³-hybridized carbons (Fsp3) is 0.0833. The Bertz CT molecular complexity index is 1540. The maximum atomic E-state index is 11.2. The van der Waals surface area contributed by atoms with E-state index in [1.165, 1.54) is 18.2 Å². The normalized spacial score (nSPS) is 11.9. The van der Waals surface area contributed by atoms with Crippen LogP contribution >= 0.6 is 0 Å². The molecule has 0 bridgehead atoms. The monoisotopic (exact) mass is 483 g/mol. The molecule has 1 radical (unpaired) electrons. The second-order valence-corrected chi connectivity index (χ2v) is 8.87. The molecular weight excluding hydrogens is 463 g/mol. The Morgan fingerprint density at radius 3 is 2.06 bits per heavy atom. The molecule has 4 aromatic rings. The van der Waals surface area contributed by atoms with Crippen molar-refractivity contribution in [3.63, 3.8) is 0 Å². The van der Waals surface area contributed by atoms with Crippen LogP contribution in [0.3, 0.4) is 0 Å². The van der Waals surface area contributed by atoms with Crippen LogP contribution in [0.15, 0.2) is 98.1 Å². The van der Waals surface area contributed by atoms with Crippen LogP contribution in [0.25, 0.3) is 10.8 Å². The molecule has 0 aliphatic carbocycles. The second kappa shape index (κ2) is 10.5. The molecule has 4 rings (SSSR count). The van der Waals surface area contributed by atoms with Crippen molar-refractivity contribution >= 4 is 73.2 Å². The van der Waals surface area contributed by atoms with Crippen LogP contribution in [0.2, 0.25) is 0 Å². The third-order valence-corrected chi connectivity index (χ3v) is 5.91. The minimum absolute atomic E-state index is 0. The SMILES string of the molecule is Cc1cc(S(=O)(=O)O)ccc1N=Nc1ccc(N=Nc2c(O)ccc3ccccc23)c(C)c1.[Na]. The van der Waals surface area contributed by atoms with Gasteiger partial charge in [-0.3, -0.25) is 4.55 Å². The third kappa shape index (κ3) is 5.75. The minimum atomic E-state index is -4.27. The van der Waals surface area contributed by atoms with Crippen molar-refractivity contribution in [3.05, 3.63) is 83.9 Å². The molecule has 0 aliphatic heterocycles. The number of rotatable bonds is 5. The molecule has 0 saturated heterocycles. The summed E-state index contributed by atoms with van der Waals surface area (Å²) in [6.45, 7) is 3.54. The zero-order valence-corrected chi connectivity index (χ0v) is 21.7. The van der Waals surface area contributed by atoms with Crippen LogP contribution in [0.4, 0.5) is 22.7 Å².